The molecule has 2 aromatic carbocycles. The maximum atomic E-state index is 10.8. The van der Waals surface area contributed by atoms with Crippen molar-refractivity contribution >= 4 is 11.7 Å². The number of nitrogens with zero attached hydrogens (tertiary/aromatic N) is 1. The van der Waals surface area contributed by atoms with Crippen LogP contribution in [0.1, 0.15) is 24.2 Å². The van der Waals surface area contributed by atoms with Crippen LogP contribution in [0.5, 0.6) is 0 Å². The zero-order valence-electron chi connectivity index (χ0n) is 11.9. The van der Waals surface area contributed by atoms with Crippen LogP contribution in [0.3, 0.4) is 0 Å². The van der Waals surface area contributed by atoms with Crippen molar-refractivity contribution in [2.45, 2.75) is 19.4 Å². The van der Waals surface area contributed by atoms with Crippen molar-refractivity contribution < 1.29 is 19.9 Å². The van der Waals surface area contributed by atoms with Gasteiger partial charge < -0.3 is 10.2 Å². The minimum atomic E-state index is -1.56. The second-order valence-electron chi connectivity index (χ2n) is 4.81. The Kier molecular flexibility index (Phi) is 4.53. The van der Waals surface area contributed by atoms with Crippen LogP contribution in [0.25, 0.3) is 11.1 Å². The molecule has 0 amide bonds. The summed E-state index contributed by atoms with van der Waals surface area (Å²) in [5, 5.41) is 29.1. The summed E-state index contributed by atoms with van der Waals surface area (Å²) < 4.78 is 0. The third-order valence-electron chi connectivity index (χ3n) is 3.45. The quantitative estimate of drug-likeness (QED) is 0.653. The van der Waals surface area contributed by atoms with Crippen LogP contribution in [-0.4, -0.2) is 21.1 Å². The van der Waals surface area contributed by atoms with E-state index in [2.05, 4.69) is 0 Å². The molecule has 0 saturated carbocycles. The first-order valence-corrected chi connectivity index (χ1v) is 6.72. The largest absolute Gasteiger partial charge is 0.479 e. The van der Waals surface area contributed by atoms with Crippen molar-refractivity contribution in [2.75, 3.05) is 0 Å². The summed E-state index contributed by atoms with van der Waals surface area (Å²) in [5.41, 5.74) is 2.86. The number of aliphatic hydroxyl groups is 1. The van der Waals surface area contributed by atoms with Crippen molar-refractivity contribution in [1.82, 2.24) is 0 Å². The van der Waals surface area contributed by atoms with E-state index in [0.29, 0.717) is 12.0 Å². The first kappa shape index (κ1) is 15.7. The van der Waals surface area contributed by atoms with Gasteiger partial charge in [-0.3, -0.25) is 10.1 Å². The van der Waals surface area contributed by atoms with Crippen LogP contribution >= 0.6 is 0 Å². The monoisotopic (exact) mass is 301 g/mol. The fraction of sp³-hybridized carbons (Fsp3) is 0.188. The molecule has 0 radical (unpaired) electrons. The average molecular weight is 301 g/mol. The molecule has 0 heterocycles. The highest BCUT2D eigenvalue weighted by molar-refractivity contribution is 5.75. The fourth-order valence-electron chi connectivity index (χ4n) is 2.26. The lowest BCUT2D eigenvalue weighted by Gasteiger charge is -2.12. The van der Waals surface area contributed by atoms with Gasteiger partial charge in [0, 0.05) is 12.1 Å². The van der Waals surface area contributed by atoms with Gasteiger partial charge in [0.05, 0.1) is 4.92 Å². The summed E-state index contributed by atoms with van der Waals surface area (Å²) in [7, 11) is 0. The van der Waals surface area contributed by atoms with E-state index in [1.54, 1.807) is 30.3 Å². The Morgan fingerprint density at radius 2 is 1.86 bits per heavy atom. The van der Waals surface area contributed by atoms with E-state index in [9.17, 15) is 20.0 Å². The van der Waals surface area contributed by atoms with Crippen LogP contribution in [0.4, 0.5) is 5.69 Å². The fourth-order valence-corrected chi connectivity index (χ4v) is 2.26. The van der Waals surface area contributed by atoms with E-state index in [1.165, 1.54) is 12.1 Å². The standard InChI is InChI=1S/C16H15NO5/c1-2-10-9-12(15(18)16(19)20)5-8-14(10)11-3-6-13(7-4-11)17(21)22/h3-9,15,18H,2H2,1H3,(H,19,20). The van der Waals surface area contributed by atoms with Crippen LogP contribution in [0, 0.1) is 10.1 Å². The first-order valence-electron chi connectivity index (χ1n) is 6.72. The molecule has 0 aromatic heterocycles. The topological polar surface area (TPSA) is 101 Å². The smallest absolute Gasteiger partial charge is 0.337 e. The number of non-ortho nitro benzene ring substituents is 1. The van der Waals surface area contributed by atoms with Gasteiger partial charge in [-0.2, -0.15) is 0 Å². The second-order valence-corrected chi connectivity index (χ2v) is 4.81. The number of hydrogen-bond acceptors (Lipinski definition) is 4. The molecule has 6 heteroatoms. The molecule has 114 valence electrons. The molecule has 1 atom stereocenters. The van der Waals surface area contributed by atoms with Crippen molar-refractivity contribution in [2.24, 2.45) is 0 Å². The lowest BCUT2D eigenvalue weighted by molar-refractivity contribution is -0.384. The zero-order chi connectivity index (χ0) is 16.3. The Morgan fingerprint density at radius 3 is 2.36 bits per heavy atom. The van der Waals surface area contributed by atoms with Crippen LogP contribution in [0.15, 0.2) is 42.5 Å². The summed E-state index contributed by atoms with van der Waals surface area (Å²) in [6, 6.07) is 11.1. The maximum Gasteiger partial charge on any atom is 0.337 e. The number of carboxylic acids is 1. The number of nitro groups is 1. The highest BCUT2D eigenvalue weighted by atomic mass is 16.6. The zero-order valence-corrected chi connectivity index (χ0v) is 11.9. The minimum Gasteiger partial charge on any atom is -0.479 e. The average Bonchev–Trinajstić information content (AvgIpc) is 2.53. The summed E-state index contributed by atoms with van der Waals surface area (Å²) >= 11 is 0. The van der Waals surface area contributed by atoms with Gasteiger partial charge in [0.25, 0.3) is 5.69 Å². The number of carbonyl (C=O) groups is 1. The van der Waals surface area contributed by atoms with E-state index in [4.69, 9.17) is 5.11 Å². The van der Waals surface area contributed by atoms with Gasteiger partial charge in [0.15, 0.2) is 6.10 Å². The molecule has 0 fully saturated rings. The van der Waals surface area contributed by atoms with Gasteiger partial charge in [-0.15, -0.1) is 0 Å². The predicted molar refractivity (Wildman–Crippen MR) is 80.5 cm³/mol. The molecule has 0 saturated heterocycles. The summed E-state index contributed by atoms with van der Waals surface area (Å²) in [6.45, 7) is 1.92. The van der Waals surface area contributed by atoms with Crippen molar-refractivity contribution in [1.29, 1.82) is 0 Å². The molecule has 0 aliphatic heterocycles. The van der Waals surface area contributed by atoms with Gasteiger partial charge in [-0.05, 0) is 40.8 Å². The number of benzene rings is 2. The molecular weight excluding hydrogens is 286 g/mol. The van der Waals surface area contributed by atoms with Gasteiger partial charge in [0.1, 0.15) is 0 Å². The number of nitro benzene ring substituents is 1. The summed E-state index contributed by atoms with van der Waals surface area (Å²) in [5.74, 6) is -1.30. The predicted octanol–water partition coefficient (Wildman–Crippen LogP) is 2.94. The van der Waals surface area contributed by atoms with Gasteiger partial charge in [0.2, 0.25) is 0 Å². The second kappa shape index (κ2) is 6.36. The highest BCUT2D eigenvalue weighted by Crippen LogP contribution is 2.28. The van der Waals surface area contributed by atoms with Crippen molar-refractivity contribution in [3.8, 4) is 11.1 Å². The van der Waals surface area contributed by atoms with E-state index >= 15 is 0 Å². The number of rotatable bonds is 5. The first-order chi connectivity index (χ1) is 10.4. The molecule has 0 aliphatic rings. The molecule has 1 unspecified atom stereocenters. The Bertz CT molecular complexity index is 709. The SMILES string of the molecule is CCc1cc(C(O)C(=O)O)ccc1-c1ccc([N+](=O)[O-])cc1. The molecule has 2 aromatic rings. The van der Waals surface area contributed by atoms with Crippen LogP contribution in [0.2, 0.25) is 0 Å². The van der Waals surface area contributed by atoms with Gasteiger partial charge in [-0.25, -0.2) is 4.79 Å². The Labute approximate surface area is 126 Å². The molecule has 22 heavy (non-hydrogen) atoms. The number of aliphatic hydroxyl groups excluding tert-OH is 1. The summed E-state index contributed by atoms with van der Waals surface area (Å²) in [6.07, 6.45) is -0.914. The Hall–Kier alpha value is -2.73. The molecule has 0 aliphatic carbocycles. The van der Waals surface area contributed by atoms with E-state index in [1.807, 2.05) is 6.92 Å². The number of carboxylic acid groups (broad SMARTS) is 1. The van der Waals surface area contributed by atoms with E-state index in [0.717, 1.165) is 16.7 Å². The van der Waals surface area contributed by atoms with Gasteiger partial charge >= 0.3 is 5.97 Å². The van der Waals surface area contributed by atoms with Crippen LogP contribution in [-0.2, 0) is 11.2 Å². The molecular formula is C16H15NO5. The number of aliphatic carboxylic acids is 1. The molecule has 0 spiro atoms. The third kappa shape index (κ3) is 3.12. The Balaban J connectivity index is 2.43. The highest BCUT2D eigenvalue weighted by Gasteiger charge is 2.17. The van der Waals surface area contributed by atoms with Crippen molar-refractivity contribution in [3.05, 3.63) is 63.7 Å². The van der Waals surface area contributed by atoms with Crippen LogP contribution < -0.4 is 0 Å². The number of hydrogen-bond donors (Lipinski definition) is 2. The van der Waals surface area contributed by atoms with E-state index < -0.39 is 17.0 Å². The Morgan fingerprint density at radius 1 is 1.23 bits per heavy atom. The summed E-state index contributed by atoms with van der Waals surface area (Å²) in [4.78, 5) is 21.1. The molecule has 2 N–H and O–H groups in total. The molecule has 2 rings (SSSR count). The lowest BCUT2D eigenvalue weighted by atomic mass is 9.94. The third-order valence-corrected chi connectivity index (χ3v) is 3.45. The van der Waals surface area contributed by atoms with Crippen molar-refractivity contribution in [3.63, 3.8) is 0 Å². The molecule has 6 nitrogen and oxygen atoms in total. The van der Waals surface area contributed by atoms with E-state index in [-0.39, 0.29) is 5.69 Å². The maximum absolute atomic E-state index is 10.8. The molecule has 0 bridgehead atoms. The minimum absolute atomic E-state index is 0.0136. The number of aryl methyl sites for hydroxylation is 1. The normalized spacial score (nSPS) is 11.9. The van der Waals surface area contributed by atoms with Gasteiger partial charge in [-0.1, -0.05) is 25.1 Å². The lowest BCUT2D eigenvalue weighted by Crippen LogP contribution is -2.10.